The van der Waals surface area contributed by atoms with E-state index in [1.807, 2.05) is 0 Å². The molecular weight excluding hydrogens is 234 g/mol. The fourth-order valence-electron chi connectivity index (χ4n) is 2.62. The van der Waals surface area contributed by atoms with Crippen LogP contribution in [0.3, 0.4) is 0 Å². The second-order valence-electron chi connectivity index (χ2n) is 6.52. The largest absolute Gasteiger partial charge is 0.481 e. The first-order valence-electron chi connectivity index (χ1n) is 6.43. The SMILES string of the molecule is CC(C)(C)OC(=O)NC(CC(=O)O)C1CC12CC2. The van der Waals surface area contributed by atoms with Crippen molar-refractivity contribution in [2.24, 2.45) is 11.3 Å². The van der Waals surface area contributed by atoms with Crippen molar-refractivity contribution >= 4 is 12.1 Å². The van der Waals surface area contributed by atoms with Crippen LogP contribution >= 0.6 is 0 Å². The van der Waals surface area contributed by atoms with Crippen LogP contribution in [0.5, 0.6) is 0 Å². The van der Waals surface area contributed by atoms with E-state index >= 15 is 0 Å². The summed E-state index contributed by atoms with van der Waals surface area (Å²) >= 11 is 0. The first kappa shape index (κ1) is 13.2. The fourth-order valence-corrected chi connectivity index (χ4v) is 2.62. The van der Waals surface area contributed by atoms with Gasteiger partial charge in [0, 0.05) is 6.04 Å². The lowest BCUT2D eigenvalue weighted by Gasteiger charge is -2.23. The van der Waals surface area contributed by atoms with Gasteiger partial charge in [0.1, 0.15) is 5.60 Å². The van der Waals surface area contributed by atoms with Gasteiger partial charge in [0.15, 0.2) is 0 Å². The number of aliphatic carboxylic acids is 1. The maximum absolute atomic E-state index is 11.7. The van der Waals surface area contributed by atoms with E-state index in [0.29, 0.717) is 11.3 Å². The Hall–Kier alpha value is -1.26. The lowest BCUT2D eigenvalue weighted by Crippen LogP contribution is -2.41. The first-order chi connectivity index (χ1) is 8.22. The molecule has 5 heteroatoms. The summed E-state index contributed by atoms with van der Waals surface area (Å²) in [6, 6.07) is -0.292. The summed E-state index contributed by atoms with van der Waals surface area (Å²) in [5.74, 6) is -0.556. The highest BCUT2D eigenvalue weighted by Gasteiger charge is 2.65. The number of rotatable bonds is 4. The molecule has 2 fully saturated rings. The molecule has 5 nitrogen and oxygen atoms in total. The number of nitrogens with one attached hydrogen (secondary N) is 1. The highest BCUT2D eigenvalue weighted by molar-refractivity contribution is 5.72. The molecule has 0 aromatic carbocycles. The van der Waals surface area contributed by atoms with E-state index in [1.54, 1.807) is 20.8 Å². The summed E-state index contributed by atoms with van der Waals surface area (Å²) in [6.45, 7) is 5.37. The number of hydrogen-bond acceptors (Lipinski definition) is 3. The Morgan fingerprint density at radius 3 is 2.44 bits per heavy atom. The molecule has 2 aliphatic carbocycles. The van der Waals surface area contributed by atoms with Crippen molar-refractivity contribution in [1.29, 1.82) is 0 Å². The third-order valence-corrected chi connectivity index (χ3v) is 3.73. The van der Waals surface area contributed by atoms with E-state index in [0.717, 1.165) is 6.42 Å². The molecule has 0 aliphatic heterocycles. The molecule has 2 atom stereocenters. The highest BCUT2D eigenvalue weighted by atomic mass is 16.6. The Bertz CT molecular complexity index is 368. The number of alkyl carbamates (subject to hydrolysis) is 1. The van der Waals surface area contributed by atoms with E-state index in [9.17, 15) is 9.59 Å². The van der Waals surface area contributed by atoms with Gasteiger partial charge >= 0.3 is 12.1 Å². The van der Waals surface area contributed by atoms with E-state index < -0.39 is 17.7 Å². The summed E-state index contributed by atoms with van der Waals surface area (Å²) in [5.41, 5.74) is -0.201. The molecular formula is C13H21NO4. The number of carboxylic acid groups (broad SMARTS) is 1. The van der Waals surface area contributed by atoms with Crippen LogP contribution < -0.4 is 5.32 Å². The second-order valence-corrected chi connectivity index (χ2v) is 6.52. The molecule has 102 valence electrons. The summed E-state index contributed by atoms with van der Waals surface area (Å²) < 4.78 is 5.17. The summed E-state index contributed by atoms with van der Waals surface area (Å²) in [4.78, 5) is 22.5. The molecule has 2 unspecified atom stereocenters. The van der Waals surface area contributed by atoms with Crippen molar-refractivity contribution in [3.05, 3.63) is 0 Å². The number of carboxylic acids is 1. The maximum Gasteiger partial charge on any atom is 0.407 e. The Labute approximate surface area is 107 Å². The van der Waals surface area contributed by atoms with Crippen LogP contribution in [0, 0.1) is 11.3 Å². The average molecular weight is 255 g/mol. The zero-order valence-electron chi connectivity index (χ0n) is 11.2. The monoisotopic (exact) mass is 255 g/mol. The van der Waals surface area contributed by atoms with Gasteiger partial charge in [-0.25, -0.2) is 4.79 Å². The van der Waals surface area contributed by atoms with E-state index in [4.69, 9.17) is 9.84 Å². The molecule has 1 spiro atoms. The van der Waals surface area contributed by atoms with Crippen molar-refractivity contribution in [2.75, 3.05) is 0 Å². The fraction of sp³-hybridized carbons (Fsp3) is 0.846. The van der Waals surface area contributed by atoms with Crippen LogP contribution in [-0.2, 0) is 9.53 Å². The van der Waals surface area contributed by atoms with E-state index in [-0.39, 0.29) is 12.5 Å². The van der Waals surface area contributed by atoms with Crippen LogP contribution in [0.4, 0.5) is 4.79 Å². The highest BCUT2D eigenvalue weighted by Crippen LogP contribution is 2.71. The van der Waals surface area contributed by atoms with Crippen molar-refractivity contribution in [3.8, 4) is 0 Å². The van der Waals surface area contributed by atoms with Gasteiger partial charge in [-0.1, -0.05) is 0 Å². The van der Waals surface area contributed by atoms with Crippen molar-refractivity contribution < 1.29 is 19.4 Å². The molecule has 2 aliphatic rings. The molecule has 0 heterocycles. The van der Waals surface area contributed by atoms with Gasteiger partial charge in [-0.15, -0.1) is 0 Å². The minimum absolute atomic E-state index is 0.0222. The summed E-state index contributed by atoms with van der Waals surface area (Å²) in [5, 5.41) is 11.6. The van der Waals surface area contributed by atoms with E-state index in [1.165, 1.54) is 12.8 Å². The Kier molecular flexibility index (Phi) is 3.03. The number of carbonyl (C=O) groups excluding carboxylic acids is 1. The van der Waals surface area contributed by atoms with Crippen LogP contribution in [-0.4, -0.2) is 28.8 Å². The topological polar surface area (TPSA) is 75.6 Å². The molecule has 2 N–H and O–H groups in total. The van der Waals surface area contributed by atoms with Gasteiger partial charge in [0.05, 0.1) is 6.42 Å². The second kappa shape index (κ2) is 4.14. The van der Waals surface area contributed by atoms with Gasteiger partial charge in [0.25, 0.3) is 0 Å². The van der Waals surface area contributed by atoms with Gasteiger partial charge in [0.2, 0.25) is 0 Å². The third-order valence-electron chi connectivity index (χ3n) is 3.73. The molecule has 0 aromatic rings. The van der Waals surface area contributed by atoms with Crippen LogP contribution in [0.25, 0.3) is 0 Å². The number of hydrogen-bond donors (Lipinski definition) is 2. The quantitative estimate of drug-likeness (QED) is 0.807. The van der Waals surface area contributed by atoms with Crippen LogP contribution in [0.15, 0.2) is 0 Å². The molecule has 0 saturated heterocycles. The zero-order chi connectivity index (χ0) is 13.6. The van der Waals surface area contributed by atoms with Crippen LogP contribution in [0.2, 0.25) is 0 Å². The summed E-state index contributed by atoms with van der Waals surface area (Å²) in [6.07, 6.45) is 2.84. The van der Waals surface area contributed by atoms with Gasteiger partial charge in [-0.2, -0.15) is 0 Å². The maximum atomic E-state index is 11.7. The number of ether oxygens (including phenoxy) is 1. The molecule has 0 aromatic heterocycles. The first-order valence-corrected chi connectivity index (χ1v) is 6.43. The van der Waals surface area contributed by atoms with Gasteiger partial charge in [-0.05, 0) is 51.4 Å². The lowest BCUT2D eigenvalue weighted by atomic mass is 10.1. The predicted octanol–water partition coefficient (Wildman–Crippen LogP) is 2.15. The standard InChI is InChI=1S/C13H21NO4/c1-12(2,3)18-11(17)14-9(6-10(15)16)8-7-13(8)4-5-13/h8-9H,4-7H2,1-3H3,(H,14,17)(H,15,16). The smallest absolute Gasteiger partial charge is 0.407 e. The third kappa shape index (κ3) is 3.15. The van der Waals surface area contributed by atoms with Crippen molar-refractivity contribution in [2.45, 2.75) is 58.1 Å². The van der Waals surface area contributed by atoms with Crippen molar-refractivity contribution in [1.82, 2.24) is 5.32 Å². The molecule has 18 heavy (non-hydrogen) atoms. The lowest BCUT2D eigenvalue weighted by molar-refractivity contribution is -0.137. The zero-order valence-corrected chi connectivity index (χ0v) is 11.2. The molecule has 0 bridgehead atoms. The van der Waals surface area contributed by atoms with Gasteiger partial charge < -0.3 is 15.2 Å². The van der Waals surface area contributed by atoms with Crippen molar-refractivity contribution in [3.63, 3.8) is 0 Å². The minimum atomic E-state index is -0.876. The minimum Gasteiger partial charge on any atom is -0.481 e. The molecule has 2 saturated carbocycles. The molecule has 2 rings (SSSR count). The Morgan fingerprint density at radius 2 is 2.06 bits per heavy atom. The van der Waals surface area contributed by atoms with Gasteiger partial charge in [-0.3, -0.25) is 4.79 Å². The Morgan fingerprint density at radius 1 is 1.44 bits per heavy atom. The average Bonchev–Trinajstić information content (AvgIpc) is 3.02. The van der Waals surface area contributed by atoms with E-state index in [2.05, 4.69) is 5.32 Å². The molecule has 1 amide bonds. The van der Waals surface area contributed by atoms with Crippen LogP contribution in [0.1, 0.15) is 46.5 Å². The normalized spacial score (nSPS) is 25.4. The summed E-state index contributed by atoms with van der Waals surface area (Å²) in [7, 11) is 0. The predicted molar refractivity (Wildman–Crippen MR) is 65.2 cm³/mol. The Balaban J connectivity index is 1.89. The number of carbonyl (C=O) groups is 2. The molecule has 0 radical (unpaired) electrons. The number of amides is 1.